The molecule has 2 rings (SSSR count). The molecule has 2 N–H and O–H groups in total. The molecule has 1 aromatic rings. The number of carbonyl (C=O) groups excluding carboxylic acids is 1. The zero-order valence-corrected chi connectivity index (χ0v) is 9.80. The largest absolute Gasteiger partial charge is 0.481 e. The van der Waals surface area contributed by atoms with Crippen molar-refractivity contribution in [1.82, 2.24) is 15.1 Å². The first-order valence-electron chi connectivity index (χ1n) is 5.57. The van der Waals surface area contributed by atoms with E-state index in [1.807, 2.05) is 0 Å². The molecule has 1 aliphatic rings. The van der Waals surface area contributed by atoms with Crippen LogP contribution in [0.25, 0.3) is 0 Å². The molecule has 0 spiro atoms. The molecule has 18 heavy (non-hydrogen) atoms. The number of amides is 2. The van der Waals surface area contributed by atoms with E-state index >= 15 is 0 Å². The van der Waals surface area contributed by atoms with Crippen LogP contribution in [0.3, 0.4) is 0 Å². The van der Waals surface area contributed by atoms with Crippen LogP contribution in [0.5, 0.6) is 0 Å². The van der Waals surface area contributed by atoms with Crippen LogP contribution in [0.2, 0.25) is 0 Å². The summed E-state index contributed by atoms with van der Waals surface area (Å²) >= 11 is 0. The van der Waals surface area contributed by atoms with Crippen molar-refractivity contribution in [2.45, 2.75) is 19.4 Å². The van der Waals surface area contributed by atoms with Crippen molar-refractivity contribution in [2.24, 2.45) is 0 Å². The number of carboxylic acid groups (broad SMARTS) is 1. The predicted octanol–water partition coefficient (Wildman–Crippen LogP) is 0.791. The van der Waals surface area contributed by atoms with Gasteiger partial charge in [0.05, 0.1) is 24.8 Å². The van der Waals surface area contributed by atoms with Crippen molar-refractivity contribution in [3.63, 3.8) is 0 Å². The number of aryl methyl sites for hydroxylation is 1. The molecule has 0 aliphatic carbocycles. The number of hydrogen-bond acceptors (Lipinski definition) is 3. The van der Waals surface area contributed by atoms with Crippen molar-refractivity contribution in [2.75, 3.05) is 11.4 Å². The fourth-order valence-corrected chi connectivity index (χ4v) is 1.70. The topological polar surface area (TPSA) is 87.5 Å². The van der Waals surface area contributed by atoms with Gasteiger partial charge in [0, 0.05) is 24.9 Å². The second-order valence-corrected chi connectivity index (χ2v) is 4.04. The van der Waals surface area contributed by atoms with E-state index < -0.39 is 5.97 Å². The number of rotatable bonds is 4. The number of carbonyl (C=O) groups is 2. The van der Waals surface area contributed by atoms with Crippen LogP contribution in [0.15, 0.2) is 24.7 Å². The summed E-state index contributed by atoms with van der Waals surface area (Å²) in [4.78, 5) is 23.7. The molecule has 0 saturated carbocycles. The lowest BCUT2D eigenvalue weighted by molar-refractivity contribution is -0.137. The summed E-state index contributed by atoms with van der Waals surface area (Å²) in [5, 5.41) is 15.3. The van der Waals surface area contributed by atoms with E-state index in [2.05, 4.69) is 17.0 Å². The Labute approximate surface area is 104 Å². The number of nitrogens with zero attached hydrogens (tertiary/aromatic N) is 3. The molecule has 7 nitrogen and oxygen atoms in total. The Bertz CT molecular complexity index is 494. The number of hydrogen-bond donors (Lipinski definition) is 2. The Kier molecular flexibility index (Phi) is 3.31. The molecule has 1 aliphatic heterocycles. The first kappa shape index (κ1) is 12.2. The normalized spacial score (nSPS) is 15.7. The second kappa shape index (κ2) is 4.91. The molecule has 96 valence electrons. The van der Waals surface area contributed by atoms with Crippen molar-refractivity contribution in [3.05, 3.63) is 24.7 Å². The Morgan fingerprint density at radius 1 is 1.61 bits per heavy atom. The van der Waals surface area contributed by atoms with Crippen molar-refractivity contribution >= 4 is 17.7 Å². The maximum atomic E-state index is 11.7. The highest BCUT2D eigenvalue weighted by Crippen LogP contribution is 2.17. The number of aliphatic carboxylic acids is 1. The molecule has 0 aromatic carbocycles. The van der Waals surface area contributed by atoms with E-state index in [9.17, 15) is 9.59 Å². The van der Waals surface area contributed by atoms with Crippen LogP contribution >= 0.6 is 0 Å². The van der Waals surface area contributed by atoms with E-state index in [1.54, 1.807) is 17.3 Å². The minimum atomic E-state index is -0.876. The van der Waals surface area contributed by atoms with Gasteiger partial charge < -0.3 is 10.4 Å². The minimum absolute atomic E-state index is 0.00409. The fraction of sp³-hybridized carbons (Fsp3) is 0.364. The molecule has 2 amide bonds. The third-order valence-corrected chi connectivity index (χ3v) is 2.65. The summed E-state index contributed by atoms with van der Waals surface area (Å²) in [6.45, 7) is 4.54. The molecule has 2 heterocycles. The third kappa shape index (κ3) is 2.68. The lowest BCUT2D eigenvalue weighted by Gasteiger charge is -2.27. The van der Waals surface area contributed by atoms with E-state index in [0.29, 0.717) is 24.4 Å². The van der Waals surface area contributed by atoms with E-state index in [-0.39, 0.29) is 19.0 Å². The standard InChI is InChI=1S/C11H14N4O3/c1-8-2-5-15(11(18)13-8)9-6-12-14(7-9)4-3-10(16)17/h6-7H,1-5H2,(H,13,18)(H,16,17). The lowest BCUT2D eigenvalue weighted by Crippen LogP contribution is -2.45. The average molecular weight is 250 g/mol. The van der Waals surface area contributed by atoms with Gasteiger partial charge in [0.2, 0.25) is 0 Å². The summed E-state index contributed by atoms with van der Waals surface area (Å²) in [7, 11) is 0. The highest BCUT2D eigenvalue weighted by Gasteiger charge is 2.22. The SMILES string of the molecule is C=C1CCN(c2cnn(CCC(=O)O)c2)C(=O)N1. The summed E-state index contributed by atoms with van der Waals surface area (Å²) in [6.07, 6.45) is 3.91. The summed E-state index contributed by atoms with van der Waals surface area (Å²) in [5.41, 5.74) is 1.36. The van der Waals surface area contributed by atoms with Crippen molar-refractivity contribution in [1.29, 1.82) is 0 Å². The second-order valence-electron chi connectivity index (χ2n) is 4.04. The highest BCUT2D eigenvalue weighted by atomic mass is 16.4. The number of carboxylic acids is 1. The van der Waals surface area contributed by atoms with Gasteiger partial charge in [-0.15, -0.1) is 0 Å². The Morgan fingerprint density at radius 3 is 3.06 bits per heavy atom. The van der Waals surface area contributed by atoms with Gasteiger partial charge >= 0.3 is 12.0 Å². The van der Waals surface area contributed by atoms with Gasteiger partial charge in [-0.2, -0.15) is 5.10 Å². The number of anilines is 1. The van der Waals surface area contributed by atoms with Gasteiger partial charge in [0.15, 0.2) is 0 Å². The minimum Gasteiger partial charge on any atom is -0.481 e. The fourth-order valence-electron chi connectivity index (χ4n) is 1.70. The van der Waals surface area contributed by atoms with Crippen LogP contribution in [-0.4, -0.2) is 33.4 Å². The van der Waals surface area contributed by atoms with Crippen LogP contribution in [0.4, 0.5) is 10.5 Å². The summed E-state index contributed by atoms with van der Waals surface area (Å²) in [6, 6.07) is -0.232. The number of nitrogens with one attached hydrogen (secondary N) is 1. The molecule has 1 fully saturated rings. The maximum absolute atomic E-state index is 11.7. The predicted molar refractivity (Wildman–Crippen MR) is 64.1 cm³/mol. The smallest absolute Gasteiger partial charge is 0.326 e. The quantitative estimate of drug-likeness (QED) is 0.827. The molecule has 1 aromatic heterocycles. The zero-order valence-electron chi connectivity index (χ0n) is 9.80. The van der Waals surface area contributed by atoms with Crippen molar-refractivity contribution < 1.29 is 14.7 Å². The summed E-state index contributed by atoms with van der Waals surface area (Å²) in [5.74, 6) is -0.876. The van der Waals surface area contributed by atoms with Gasteiger partial charge in [0.1, 0.15) is 0 Å². The third-order valence-electron chi connectivity index (χ3n) is 2.65. The monoisotopic (exact) mass is 250 g/mol. The Hall–Kier alpha value is -2.31. The maximum Gasteiger partial charge on any atom is 0.326 e. The van der Waals surface area contributed by atoms with Gasteiger partial charge in [0.25, 0.3) is 0 Å². The molecular formula is C11H14N4O3. The molecule has 7 heteroatoms. The first-order valence-corrected chi connectivity index (χ1v) is 5.57. The highest BCUT2D eigenvalue weighted by molar-refractivity contribution is 5.93. The first-order chi connectivity index (χ1) is 8.56. The summed E-state index contributed by atoms with van der Waals surface area (Å²) < 4.78 is 1.51. The van der Waals surface area contributed by atoms with E-state index in [1.165, 1.54) is 4.68 Å². The molecule has 0 radical (unpaired) electrons. The molecule has 1 saturated heterocycles. The van der Waals surface area contributed by atoms with Gasteiger partial charge in [-0.05, 0) is 0 Å². The average Bonchev–Trinajstić information content (AvgIpc) is 2.75. The Balaban J connectivity index is 2.03. The molecular weight excluding hydrogens is 236 g/mol. The van der Waals surface area contributed by atoms with Crippen LogP contribution in [0.1, 0.15) is 12.8 Å². The Morgan fingerprint density at radius 2 is 2.39 bits per heavy atom. The van der Waals surface area contributed by atoms with Gasteiger partial charge in [-0.1, -0.05) is 6.58 Å². The lowest BCUT2D eigenvalue weighted by atomic mass is 10.2. The molecule has 0 bridgehead atoms. The van der Waals surface area contributed by atoms with E-state index in [0.717, 1.165) is 0 Å². The van der Waals surface area contributed by atoms with Gasteiger partial charge in [-0.25, -0.2) is 4.79 Å². The molecule has 0 atom stereocenters. The number of urea groups is 1. The number of aromatic nitrogens is 2. The van der Waals surface area contributed by atoms with Crippen LogP contribution in [0, 0.1) is 0 Å². The van der Waals surface area contributed by atoms with Crippen LogP contribution < -0.4 is 10.2 Å². The molecule has 0 unspecified atom stereocenters. The van der Waals surface area contributed by atoms with Crippen LogP contribution in [-0.2, 0) is 11.3 Å². The van der Waals surface area contributed by atoms with E-state index in [4.69, 9.17) is 5.11 Å². The zero-order chi connectivity index (χ0) is 13.1. The van der Waals surface area contributed by atoms with Crippen molar-refractivity contribution in [3.8, 4) is 0 Å². The van der Waals surface area contributed by atoms with Gasteiger partial charge in [-0.3, -0.25) is 14.4 Å².